The van der Waals surface area contributed by atoms with E-state index in [1.807, 2.05) is 18.2 Å². The molecule has 4 rings (SSSR count). The minimum Gasteiger partial charge on any atom is -0.351 e. The van der Waals surface area contributed by atoms with Gasteiger partial charge in [-0.3, -0.25) is 14.4 Å². The Bertz CT molecular complexity index is 1180. The number of anilines is 1. The number of H-pyrrole nitrogens is 1. The predicted molar refractivity (Wildman–Crippen MR) is 109 cm³/mol. The SMILES string of the molecule is O=C(Cc1cc2ccccc2[nH]c1=O)NC1CC(=O)N(c2ccc(Cl)c(F)c2)C1. The summed E-state index contributed by atoms with van der Waals surface area (Å²) in [5.41, 5.74) is 1.12. The lowest BCUT2D eigenvalue weighted by Crippen LogP contribution is -2.38. The van der Waals surface area contributed by atoms with E-state index in [-0.39, 0.29) is 41.8 Å². The second-order valence-corrected chi connectivity index (χ2v) is 7.37. The van der Waals surface area contributed by atoms with E-state index >= 15 is 0 Å². The first-order valence-electron chi connectivity index (χ1n) is 9.06. The molecule has 2 aromatic carbocycles. The molecule has 0 radical (unpaired) electrons. The van der Waals surface area contributed by atoms with Crippen LogP contribution in [0.2, 0.25) is 5.02 Å². The van der Waals surface area contributed by atoms with Crippen LogP contribution < -0.4 is 15.8 Å². The first-order chi connectivity index (χ1) is 13.9. The van der Waals surface area contributed by atoms with Gasteiger partial charge >= 0.3 is 0 Å². The molecule has 1 unspecified atom stereocenters. The topological polar surface area (TPSA) is 82.3 Å². The highest BCUT2D eigenvalue weighted by Crippen LogP contribution is 2.25. The molecular formula is C21H17ClFN3O3. The molecule has 1 aromatic heterocycles. The summed E-state index contributed by atoms with van der Waals surface area (Å²) in [6.45, 7) is 0.222. The number of amides is 2. The number of aromatic amines is 1. The molecule has 0 saturated carbocycles. The lowest BCUT2D eigenvalue weighted by Gasteiger charge is -2.17. The normalized spacial score (nSPS) is 16.4. The molecule has 1 aliphatic rings. The molecule has 1 fully saturated rings. The van der Waals surface area contributed by atoms with Gasteiger partial charge in [0.2, 0.25) is 11.8 Å². The van der Waals surface area contributed by atoms with E-state index in [1.54, 1.807) is 18.2 Å². The van der Waals surface area contributed by atoms with Gasteiger partial charge in [0.05, 0.1) is 17.5 Å². The maximum atomic E-state index is 13.7. The van der Waals surface area contributed by atoms with Gasteiger partial charge in [-0.05, 0) is 35.7 Å². The fraction of sp³-hybridized carbons (Fsp3) is 0.190. The van der Waals surface area contributed by atoms with Gasteiger partial charge in [-0.15, -0.1) is 0 Å². The van der Waals surface area contributed by atoms with Gasteiger partial charge in [0, 0.05) is 29.7 Å². The molecule has 3 aromatic rings. The van der Waals surface area contributed by atoms with Crippen LogP contribution in [0.25, 0.3) is 10.9 Å². The zero-order valence-corrected chi connectivity index (χ0v) is 16.0. The molecule has 1 aliphatic heterocycles. The maximum Gasteiger partial charge on any atom is 0.252 e. The number of hydrogen-bond acceptors (Lipinski definition) is 3. The van der Waals surface area contributed by atoms with Crippen molar-refractivity contribution in [3.05, 3.63) is 75.3 Å². The van der Waals surface area contributed by atoms with Gasteiger partial charge in [0.1, 0.15) is 5.82 Å². The number of aromatic nitrogens is 1. The Balaban J connectivity index is 1.44. The average Bonchev–Trinajstić information content (AvgIpc) is 3.04. The van der Waals surface area contributed by atoms with Crippen molar-refractivity contribution in [1.82, 2.24) is 10.3 Å². The monoisotopic (exact) mass is 413 g/mol. The molecule has 29 heavy (non-hydrogen) atoms. The third-order valence-electron chi connectivity index (χ3n) is 4.89. The van der Waals surface area contributed by atoms with Crippen LogP contribution in [0.1, 0.15) is 12.0 Å². The number of nitrogens with zero attached hydrogens (tertiary/aromatic N) is 1. The van der Waals surface area contributed by atoms with Crippen molar-refractivity contribution in [3.8, 4) is 0 Å². The highest BCUT2D eigenvalue weighted by molar-refractivity contribution is 6.30. The fourth-order valence-electron chi connectivity index (χ4n) is 3.48. The second kappa shape index (κ2) is 7.67. The minimum absolute atomic E-state index is 0.0224. The number of para-hydroxylation sites is 1. The summed E-state index contributed by atoms with van der Waals surface area (Å²) in [5.74, 6) is -1.19. The molecule has 2 heterocycles. The summed E-state index contributed by atoms with van der Waals surface area (Å²) in [4.78, 5) is 41.1. The third kappa shape index (κ3) is 4.00. The van der Waals surface area contributed by atoms with E-state index in [2.05, 4.69) is 10.3 Å². The van der Waals surface area contributed by atoms with Crippen LogP contribution in [-0.4, -0.2) is 29.4 Å². The van der Waals surface area contributed by atoms with Crippen LogP contribution in [0, 0.1) is 5.82 Å². The van der Waals surface area contributed by atoms with E-state index in [4.69, 9.17) is 11.6 Å². The number of benzene rings is 2. The lowest BCUT2D eigenvalue weighted by molar-refractivity contribution is -0.121. The zero-order valence-electron chi connectivity index (χ0n) is 15.2. The average molecular weight is 414 g/mol. The Morgan fingerprint density at radius 1 is 1.21 bits per heavy atom. The third-order valence-corrected chi connectivity index (χ3v) is 5.19. The van der Waals surface area contributed by atoms with Crippen molar-refractivity contribution >= 4 is 40.0 Å². The van der Waals surface area contributed by atoms with E-state index in [9.17, 15) is 18.8 Å². The van der Waals surface area contributed by atoms with Gasteiger partial charge in [-0.25, -0.2) is 4.39 Å². The van der Waals surface area contributed by atoms with Crippen molar-refractivity contribution in [2.75, 3.05) is 11.4 Å². The predicted octanol–water partition coefficient (Wildman–Crippen LogP) is 2.78. The summed E-state index contributed by atoms with van der Waals surface area (Å²) in [6, 6.07) is 12.7. The number of fused-ring (bicyclic) bond motifs is 1. The van der Waals surface area contributed by atoms with Gasteiger partial charge in [-0.2, -0.15) is 0 Å². The number of carbonyl (C=O) groups is 2. The van der Waals surface area contributed by atoms with Crippen LogP contribution >= 0.6 is 11.6 Å². The summed E-state index contributed by atoms with van der Waals surface area (Å²) < 4.78 is 13.7. The lowest BCUT2D eigenvalue weighted by atomic mass is 10.1. The van der Waals surface area contributed by atoms with Gasteiger partial charge in [0.25, 0.3) is 5.56 Å². The standard InChI is InChI=1S/C21H17ClFN3O3/c22-16-6-5-15(10-17(16)23)26-11-14(9-20(26)28)24-19(27)8-13-7-12-3-1-2-4-18(12)25-21(13)29/h1-7,10,14H,8-9,11H2,(H,24,27)(H,25,29). The van der Waals surface area contributed by atoms with Crippen molar-refractivity contribution in [2.24, 2.45) is 0 Å². The molecular weight excluding hydrogens is 397 g/mol. The summed E-state index contributed by atoms with van der Waals surface area (Å²) in [5, 5.41) is 3.60. The van der Waals surface area contributed by atoms with E-state index in [0.717, 1.165) is 5.39 Å². The minimum atomic E-state index is -0.611. The number of rotatable bonds is 4. The van der Waals surface area contributed by atoms with Crippen LogP contribution in [0.15, 0.2) is 53.3 Å². The summed E-state index contributed by atoms with van der Waals surface area (Å²) >= 11 is 5.68. The summed E-state index contributed by atoms with van der Waals surface area (Å²) in [6.07, 6.45) is 0.00446. The first kappa shape index (κ1) is 19.1. The number of carbonyl (C=O) groups excluding carboxylic acids is 2. The van der Waals surface area contributed by atoms with E-state index in [0.29, 0.717) is 16.8 Å². The van der Waals surface area contributed by atoms with Crippen molar-refractivity contribution < 1.29 is 14.0 Å². The molecule has 2 N–H and O–H groups in total. The van der Waals surface area contributed by atoms with Gasteiger partial charge < -0.3 is 15.2 Å². The molecule has 8 heteroatoms. The summed E-state index contributed by atoms with van der Waals surface area (Å²) in [7, 11) is 0. The Morgan fingerprint density at radius 2 is 2.00 bits per heavy atom. The molecule has 6 nitrogen and oxygen atoms in total. The van der Waals surface area contributed by atoms with Crippen LogP contribution in [-0.2, 0) is 16.0 Å². The van der Waals surface area contributed by atoms with Gasteiger partial charge in [0.15, 0.2) is 0 Å². The Morgan fingerprint density at radius 3 is 2.79 bits per heavy atom. The number of nitrogens with one attached hydrogen (secondary N) is 2. The second-order valence-electron chi connectivity index (χ2n) is 6.96. The molecule has 148 valence electrons. The van der Waals surface area contributed by atoms with Crippen LogP contribution in [0.4, 0.5) is 10.1 Å². The molecule has 0 aliphatic carbocycles. The van der Waals surface area contributed by atoms with Gasteiger partial charge in [-0.1, -0.05) is 29.8 Å². The quantitative estimate of drug-likeness (QED) is 0.690. The molecule has 2 amide bonds. The zero-order chi connectivity index (χ0) is 20.5. The maximum absolute atomic E-state index is 13.7. The van der Waals surface area contributed by atoms with Crippen LogP contribution in [0.5, 0.6) is 0 Å². The van der Waals surface area contributed by atoms with E-state index in [1.165, 1.54) is 17.0 Å². The van der Waals surface area contributed by atoms with Crippen molar-refractivity contribution in [3.63, 3.8) is 0 Å². The number of pyridine rings is 1. The Hall–Kier alpha value is -3.19. The van der Waals surface area contributed by atoms with Crippen molar-refractivity contribution in [2.45, 2.75) is 18.9 Å². The molecule has 0 bridgehead atoms. The molecule has 1 atom stereocenters. The smallest absolute Gasteiger partial charge is 0.252 e. The van der Waals surface area contributed by atoms with Crippen LogP contribution in [0.3, 0.4) is 0 Å². The number of halogens is 2. The molecule has 0 spiro atoms. The first-order valence-corrected chi connectivity index (χ1v) is 9.44. The van der Waals surface area contributed by atoms with Crippen molar-refractivity contribution in [1.29, 1.82) is 0 Å². The Labute approximate surface area is 170 Å². The van der Waals surface area contributed by atoms with E-state index < -0.39 is 11.9 Å². The highest BCUT2D eigenvalue weighted by atomic mass is 35.5. The Kier molecular flexibility index (Phi) is 5.07. The largest absolute Gasteiger partial charge is 0.351 e. The highest BCUT2D eigenvalue weighted by Gasteiger charge is 2.32. The fourth-order valence-corrected chi connectivity index (χ4v) is 3.60. The molecule has 1 saturated heterocycles. The number of hydrogen-bond donors (Lipinski definition) is 2.